The summed E-state index contributed by atoms with van der Waals surface area (Å²) in [5, 5.41) is 11.9. The molecule has 1 aliphatic heterocycles. The number of aliphatic hydroxyl groups excluding tert-OH is 1. The van der Waals surface area contributed by atoms with Gasteiger partial charge in [-0.05, 0) is 79.6 Å². The number of hydrogen-bond donors (Lipinski definition) is 1. The Morgan fingerprint density at radius 1 is 0.848 bits per heavy atom. The Balaban J connectivity index is 1.46. The predicted molar refractivity (Wildman–Crippen MR) is 177 cm³/mol. The molecule has 1 saturated heterocycles. The summed E-state index contributed by atoms with van der Waals surface area (Å²) in [6.45, 7) is 5.09. The zero-order chi connectivity index (χ0) is 32.2. The van der Waals surface area contributed by atoms with E-state index in [0.717, 1.165) is 10.3 Å². The Morgan fingerprint density at radius 3 is 2.28 bits per heavy atom. The van der Waals surface area contributed by atoms with Crippen molar-refractivity contribution in [2.24, 2.45) is 0 Å². The van der Waals surface area contributed by atoms with E-state index in [2.05, 4.69) is 0 Å². The summed E-state index contributed by atoms with van der Waals surface area (Å²) in [7, 11) is 1.52. The summed E-state index contributed by atoms with van der Waals surface area (Å²) in [6.07, 6.45) is 0. The van der Waals surface area contributed by atoms with Crippen molar-refractivity contribution in [1.29, 1.82) is 0 Å². The van der Waals surface area contributed by atoms with Crippen molar-refractivity contribution in [2.45, 2.75) is 26.5 Å². The Hall–Kier alpha value is -5.35. The van der Waals surface area contributed by atoms with Crippen LogP contribution in [0.5, 0.6) is 23.0 Å². The maximum Gasteiger partial charge on any atom is 0.301 e. The summed E-state index contributed by atoms with van der Waals surface area (Å²) in [6, 6.07) is 26.1. The number of rotatable bonds is 11. The van der Waals surface area contributed by atoms with Crippen LogP contribution in [0, 0.1) is 0 Å². The number of carbonyl (C=O) groups is 2. The second-order valence-electron chi connectivity index (χ2n) is 10.4. The van der Waals surface area contributed by atoms with Crippen LogP contribution in [0.2, 0.25) is 0 Å². The molecule has 1 aliphatic rings. The molecule has 1 N–H and O–H groups in total. The highest BCUT2D eigenvalue weighted by molar-refractivity contribution is 7.22. The summed E-state index contributed by atoms with van der Waals surface area (Å²) >= 11 is 1.26. The van der Waals surface area contributed by atoms with Crippen molar-refractivity contribution >= 4 is 44.1 Å². The molecule has 234 valence electrons. The van der Waals surface area contributed by atoms with Gasteiger partial charge >= 0.3 is 5.91 Å². The van der Waals surface area contributed by atoms with E-state index in [-0.39, 0.29) is 11.3 Å². The summed E-state index contributed by atoms with van der Waals surface area (Å²) in [5.41, 5.74) is 2.47. The summed E-state index contributed by atoms with van der Waals surface area (Å²) in [5.74, 6) is 0.256. The molecule has 1 fully saturated rings. The van der Waals surface area contributed by atoms with Crippen molar-refractivity contribution in [3.63, 3.8) is 0 Å². The lowest BCUT2D eigenvalue weighted by Gasteiger charge is -2.24. The van der Waals surface area contributed by atoms with Gasteiger partial charge in [-0.2, -0.15) is 0 Å². The molecular weight excluding hydrogens is 604 g/mol. The fourth-order valence-electron chi connectivity index (χ4n) is 5.34. The molecule has 0 spiro atoms. The van der Waals surface area contributed by atoms with E-state index < -0.39 is 17.7 Å². The van der Waals surface area contributed by atoms with E-state index >= 15 is 0 Å². The van der Waals surface area contributed by atoms with Gasteiger partial charge in [0.2, 0.25) is 0 Å². The van der Waals surface area contributed by atoms with E-state index in [4.69, 9.17) is 23.9 Å². The number of fused-ring (bicyclic) bond motifs is 1. The van der Waals surface area contributed by atoms with Crippen LogP contribution >= 0.6 is 11.3 Å². The van der Waals surface area contributed by atoms with Gasteiger partial charge in [0.1, 0.15) is 23.9 Å². The average molecular weight is 637 g/mol. The maximum atomic E-state index is 13.8. The van der Waals surface area contributed by atoms with E-state index in [1.807, 2.05) is 62.4 Å². The first-order chi connectivity index (χ1) is 22.4. The van der Waals surface area contributed by atoms with Crippen molar-refractivity contribution in [3.05, 3.63) is 113 Å². The predicted octanol–water partition coefficient (Wildman–Crippen LogP) is 7.31. The highest BCUT2D eigenvalue weighted by atomic mass is 32.1. The van der Waals surface area contributed by atoms with Gasteiger partial charge in [0.25, 0.3) is 5.78 Å². The number of methoxy groups -OCH3 is 1. The molecule has 10 heteroatoms. The molecule has 1 unspecified atom stereocenters. The fraction of sp³-hybridized carbons (Fsp3) is 0.194. The third-order valence-corrected chi connectivity index (χ3v) is 8.51. The molecule has 1 aromatic heterocycles. The average Bonchev–Trinajstić information content (AvgIpc) is 3.61. The number of aliphatic hydroxyl groups is 1. The van der Waals surface area contributed by atoms with E-state index in [1.165, 1.54) is 23.3 Å². The van der Waals surface area contributed by atoms with Crippen LogP contribution in [-0.4, -0.2) is 42.1 Å². The van der Waals surface area contributed by atoms with Crippen LogP contribution in [0.4, 0.5) is 5.13 Å². The molecule has 0 bridgehead atoms. The number of thiazole rings is 1. The number of benzene rings is 4. The standard InChI is InChI=1S/C36H32N2O7S/c1-4-43-25-14-11-23(12-15-25)33(39)31-32(24-13-18-28(29(19-24)42-3)45-21-22-9-7-6-8-10-22)38(35(41)34(31)40)36-37-27-17-16-26(44-5-2)20-30(27)46-36/h6-20,32,39H,4-5,21H2,1-3H3. The number of aromatic nitrogens is 1. The van der Waals surface area contributed by atoms with Gasteiger partial charge < -0.3 is 24.1 Å². The minimum absolute atomic E-state index is 0.0663. The lowest BCUT2D eigenvalue weighted by molar-refractivity contribution is -0.132. The van der Waals surface area contributed by atoms with Gasteiger partial charge in [-0.15, -0.1) is 0 Å². The third-order valence-electron chi connectivity index (χ3n) is 7.49. The molecule has 4 aromatic carbocycles. The Bertz CT molecular complexity index is 1920. The van der Waals surface area contributed by atoms with Gasteiger partial charge in [-0.3, -0.25) is 14.5 Å². The third kappa shape index (κ3) is 5.99. The van der Waals surface area contributed by atoms with Gasteiger partial charge in [0.05, 0.1) is 42.2 Å². The number of hydrogen-bond acceptors (Lipinski definition) is 9. The topological polar surface area (TPSA) is 107 Å². The van der Waals surface area contributed by atoms with Gasteiger partial charge in [0.15, 0.2) is 16.6 Å². The van der Waals surface area contributed by atoms with Crippen molar-refractivity contribution < 1.29 is 33.6 Å². The molecule has 2 heterocycles. The van der Waals surface area contributed by atoms with Gasteiger partial charge in [0, 0.05) is 5.56 Å². The largest absolute Gasteiger partial charge is 0.507 e. The van der Waals surface area contributed by atoms with E-state index in [0.29, 0.717) is 64.6 Å². The molecule has 1 atom stereocenters. The summed E-state index contributed by atoms with van der Waals surface area (Å²) < 4.78 is 23.7. The molecule has 0 saturated carbocycles. The maximum absolute atomic E-state index is 13.8. The van der Waals surface area contributed by atoms with Crippen molar-refractivity contribution in [3.8, 4) is 23.0 Å². The highest BCUT2D eigenvalue weighted by Crippen LogP contribution is 2.46. The fourth-order valence-corrected chi connectivity index (χ4v) is 6.36. The number of carbonyl (C=O) groups excluding carboxylic acids is 2. The zero-order valence-corrected chi connectivity index (χ0v) is 26.4. The Kier molecular flexibility index (Phi) is 8.89. The van der Waals surface area contributed by atoms with Crippen LogP contribution in [0.1, 0.15) is 36.6 Å². The number of Topliss-reactive ketones (excluding diaryl/α,β-unsaturated/α-hetero) is 1. The smallest absolute Gasteiger partial charge is 0.301 e. The quantitative estimate of drug-likeness (QED) is 0.0914. The number of amides is 1. The normalized spacial score (nSPS) is 15.7. The number of nitrogens with zero attached hydrogens (tertiary/aromatic N) is 2. The summed E-state index contributed by atoms with van der Waals surface area (Å²) in [4.78, 5) is 33.6. The van der Waals surface area contributed by atoms with Crippen LogP contribution in [0.25, 0.3) is 16.0 Å². The first-order valence-corrected chi connectivity index (χ1v) is 15.7. The number of ether oxygens (including phenoxy) is 4. The van der Waals surface area contributed by atoms with Crippen LogP contribution in [-0.2, 0) is 16.2 Å². The first kappa shape index (κ1) is 30.7. The van der Waals surface area contributed by atoms with Gasteiger partial charge in [-0.25, -0.2) is 4.98 Å². The SMILES string of the molecule is CCOc1ccc(C(O)=C2C(=O)C(=O)N(c3nc4ccc(OCC)cc4s3)C2c2ccc(OCc3ccccc3)c(OC)c2)cc1. The lowest BCUT2D eigenvalue weighted by atomic mass is 9.95. The molecule has 9 nitrogen and oxygen atoms in total. The molecule has 6 rings (SSSR count). The van der Waals surface area contributed by atoms with Crippen LogP contribution < -0.4 is 23.8 Å². The zero-order valence-electron chi connectivity index (χ0n) is 25.6. The van der Waals surface area contributed by atoms with Crippen LogP contribution in [0.3, 0.4) is 0 Å². The Morgan fingerprint density at radius 2 is 1.57 bits per heavy atom. The molecule has 46 heavy (non-hydrogen) atoms. The van der Waals surface area contributed by atoms with E-state index in [1.54, 1.807) is 42.5 Å². The molecule has 1 amide bonds. The minimum Gasteiger partial charge on any atom is -0.507 e. The van der Waals surface area contributed by atoms with Crippen molar-refractivity contribution in [1.82, 2.24) is 4.98 Å². The Labute approximate surface area is 270 Å². The number of anilines is 1. The second kappa shape index (κ2) is 13.3. The monoisotopic (exact) mass is 636 g/mol. The van der Waals surface area contributed by atoms with Crippen LogP contribution in [0.15, 0.2) is 96.6 Å². The lowest BCUT2D eigenvalue weighted by Crippen LogP contribution is -2.29. The molecule has 0 aliphatic carbocycles. The molecule has 5 aromatic rings. The molecule has 0 radical (unpaired) electrons. The van der Waals surface area contributed by atoms with Crippen molar-refractivity contribution in [2.75, 3.05) is 25.2 Å². The van der Waals surface area contributed by atoms with Gasteiger partial charge in [-0.1, -0.05) is 47.7 Å². The first-order valence-electron chi connectivity index (χ1n) is 14.8. The molecular formula is C36H32N2O7S. The van der Waals surface area contributed by atoms with E-state index in [9.17, 15) is 14.7 Å². The number of ketones is 1. The minimum atomic E-state index is -1.00. The highest BCUT2D eigenvalue weighted by Gasteiger charge is 2.48. The second-order valence-corrected chi connectivity index (χ2v) is 11.4.